The molecule has 0 saturated carbocycles. The lowest BCUT2D eigenvalue weighted by Gasteiger charge is -2.12. The van der Waals surface area contributed by atoms with E-state index in [0.29, 0.717) is 0 Å². The normalized spacial score (nSPS) is 10.5. The second-order valence-electron chi connectivity index (χ2n) is 4.52. The molecule has 2 N–H and O–H groups in total. The molecule has 0 amide bonds. The molecule has 0 radical (unpaired) electrons. The summed E-state index contributed by atoms with van der Waals surface area (Å²) in [6.45, 7) is 9.74. The van der Waals surface area contributed by atoms with Crippen molar-refractivity contribution in [1.82, 2.24) is 9.97 Å². The van der Waals surface area contributed by atoms with Crippen LogP contribution < -0.4 is 10.6 Å². The first kappa shape index (κ1) is 15.7. The van der Waals surface area contributed by atoms with E-state index in [2.05, 4.69) is 34.4 Å². The van der Waals surface area contributed by atoms with Crippen molar-refractivity contribution in [3.8, 4) is 0 Å². The van der Waals surface area contributed by atoms with Gasteiger partial charge in [0.05, 0.1) is 0 Å². The average Bonchev–Trinajstić information content (AvgIpc) is 2.43. The highest BCUT2D eigenvalue weighted by Gasteiger charge is 2.05. The third-order valence-corrected chi connectivity index (χ3v) is 2.73. The third kappa shape index (κ3) is 5.87. The fraction of sp³-hybridized carbons (Fsp3) is 0.714. The molecule has 0 atom stereocenters. The van der Waals surface area contributed by atoms with E-state index < -0.39 is 0 Å². The molecule has 0 saturated heterocycles. The molecule has 19 heavy (non-hydrogen) atoms. The van der Waals surface area contributed by atoms with Crippen molar-refractivity contribution in [3.05, 3.63) is 11.9 Å². The number of rotatable bonds is 10. The monoisotopic (exact) mass is 266 g/mol. The summed E-state index contributed by atoms with van der Waals surface area (Å²) in [6, 6.07) is 0. The van der Waals surface area contributed by atoms with Crippen molar-refractivity contribution >= 4 is 11.6 Å². The number of hydrogen-bond donors (Lipinski definition) is 2. The predicted molar refractivity (Wildman–Crippen MR) is 79.8 cm³/mol. The Morgan fingerprint density at radius 1 is 1.00 bits per heavy atom. The number of nitrogens with one attached hydrogen (secondary N) is 2. The summed E-state index contributed by atoms with van der Waals surface area (Å²) >= 11 is 0. The first-order chi connectivity index (χ1) is 9.29. The summed E-state index contributed by atoms with van der Waals surface area (Å²) < 4.78 is 5.44. The van der Waals surface area contributed by atoms with Gasteiger partial charge in [-0.3, -0.25) is 0 Å². The Bertz CT molecular complexity index is 357. The van der Waals surface area contributed by atoms with Crippen molar-refractivity contribution < 1.29 is 4.74 Å². The van der Waals surface area contributed by atoms with Gasteiger partial charge in [0, 0.05) is 31.9 Å². The molecule has 1 aromatic heterocycles. The van der Waals surface area contributed by atoms with Crippen LogP contribution in [0.3, 0.4) is 0 Å². The van der Waals surface area contributed by atoms with Crippen LogP contribution in [0.25, 0.3) is 0 Å². The quantitative estimate of drug-likeness (QED) is 0.638. The van der Waals surface area contributed by atoms with E-state index in [4.69, 9.17) is 4.74 Å². The lowest BCUT2D eigenvalue weighted by Crippen LogP contribution is -2.11. The van der Waals surface area contributed by atoms with Gasteiger partial charge in [0.1, 0.15) is 18.0 Å². The smallest absolute Gasteiger partial charge is 0.134 e. The lowest BCUT2D eigenvalue weighted by molar-refractivity contribution is 0.134. The molecule has 1 aromatic rings. The van der Waals surface area contributed by atoms with Gasteiger partial charge >= 0.3 is 0 Å². The zero-order valence-electron chi connectivity index (χ0n) is 12.3. The minimum absolute atomic E-state index is 0.798. The van der Waals surface area contributed by atoms with Gasteiger partial charge in [0.25, 0.3) is 0 Å². The molecule has 1 heterocycles. The largest absolute Gasteiger partial charge is 0.381 e. The maximum absolute atomic E-state index is 5.44. The average molecular weight is 266 g/mol. The maximum Gasteiger partial charge on any atom is 0.134 e. The number of hydrogen-bond acceptors (Lipinski definition) is 5. The highest BCUT2D eigenvalue weighted by Crippen LogP contribution is 2.17. The van der Waals surface area contributed by atoms with Gasteiger partial charge < -0.3 is 15.4 Å². The van der Waals surface area contributed by atoms with Gasteiger partial charge in [0.15, 0.2) is 0 Å². The third-order valence-electron chi connectivity index (χ3n) is 2.73. The summed E-state index contributed by atoms with van der Waals surface area (Å²) in [5.74, 6) is 1.82. The Balaban J connectivity index is 2.36. The molecule has 0 aliphatic carbocycles. The van der Waals surface area contributed by atoms with Crippen molar-refractivity contribution in [2.75, 3.05) is 36.9 Å². The fourth-order valence-corrected chi connectivity index (χ4v) is 1.68. The first-order valence-corrected chi connectivity index (χ1v) is 7.16. The molecule has 0 bridgehead atoms. The van der Waals surface area contributed by atoms with E-state index in [1.807, 2.05) is 6.92 Å². The molecule has 0 spiro atoms. The predicted octanol–water partition coefficient (Wildman–Crippen LogP) is 2.84. The molecule has 5 heteroatoms. The summed E-state index contributed by atoms with van der Waals surface area (Å²) in [4.78, 5) is 8.54. The van der Waals surface area contributed by atoms with E-state index in [-0.39, 0.29) is 0 Å². The minimum atomic E-state index is 0.798. The molecule has 5 nitrogen and oxygen atoms in total. The van der Waals surface area contributed by atoms with Gasteiger partial charge in [-0.2, -0.15) is 0 Å². The first-order valence-electron chi connectivity index (χ1n) is 7.16. The Labute approximate surface area is 116 Å². The highest BCUT2D eigenvalue weighted by atomic mass is 16.5. The molecule has 0 aliphatic heterocycles. The van der Waals surface area contributed by atoms with Crippen LogP contribution in [0.2, 0.25) is 0 Å². The Morgan fingerprint density at radius 3 is 2.32 bits per heavy atom. The fourth-order valence-electron chi connectivity index (χ4n) is 1.68. The van der Waals surface area contributed by atoms with Crippen molar-refractivity contribution in [1.29, 1.82) is 0 Å². The van der Waals surface area contributed by atoms with Crippen molar-refractivity contribution in [2.45, 2.75) is 40.0 Å². The molecule has 0 unspecified atom stereocenters. The number of anilines is 2. The van der Waals surface area contributed by atoms with Crippen LogP contribution in [-0.2, 0) is 4.74 Å². The molecule has 108 valence electrons. The van der Waals surface area contributed by atoms with Crippen molar-refractivity contribution in [2.24, 2.45) is 0 Å². The van der Waals surface area contributed by atoms with E-state index in [1.54, 1.807) is 6.33 Å². The van der Waals surface area contributed by atoms with E-state index in [1.165, 1.54) is 0 Å². The number of ether oxygens (including phenoxy) is 1. The summed E-state index contributed by atoms with van der Waals surface area (Å²) in [6.07, 6.45) is 4.74. The van der Waals surface area contributed by atoms with Crippen LogP contribution in [0.4, 0.5) is 11.6 Å². The Hall–Kier alpha value is -1.36. The molecule has 0 aliphatic rings. The molecule has 1 rings (SSSR count). The topological polar surface area (TPSA) is 59.1 Å². The van der Waals surface area contributed by atoms with Gasteiger partial charge in [-0.15, -0.1) is 0 Å². The van der Waals surface area contributed by atoms with Crippen LogP contribution in [0.15, 0.2) is 6.33 Å². The summed E-state index contributed by atoms with van der Waals surface area (Å²) in [7, 11) is 0. The van der Waals surface area contributed by atoms with E-state index in [0.717, 1.165) is 62.8 Å². The summed E-state index contributed by atoms with van der Waals surface area (Å²) in [5, 5.41) is 6.64. The molecule has 0 fully saturated rings. The van der Waals surface area contributed by atoms with Crippen LogP contribution in [0.5, 0.6) is 0 Å². The Kier molecular flexibility index (Phi) is 7.89. The molecular formula is C14H26N4O. The van der Waals surface area contributed by atoms with E-state index in [9.17, 15) is 0 Å². The van der Waals surface area contributed by atoms with Crippen LogP contribution in [0, 0.1) is 6.92 Å². The van der Waals surface area contributed by atoms with Gasteiger partial charge in [-0.1, -0.05) is 13.8 Å². The van der Waals surface area contributed by atoms with Crippen LogP contribution in [-0.4, -0.2) is 36.3 Å². The standard InChI is InChI=1S/C14H26N4O/c1-4-7-15-13-12(3)14(18-11-17-13)16-8-6-10-19-9-5-2/h11H,4-10H2,1-3H3,(H2,15,16,17,18). The minimum Gasteiger partial charge on any atom is -0.381 e. The zero-order valence-corrected chi connectivity index (χ0v) is 12.3. The zero-order chi connectivity index (χ0) is 13.9. The van der Waals surface area contributed by atoms with E-state index >= 15 is 0 Å². The maximum atomic E-state index is 5.44. The number of nitrogens with zero attached hydrogens (tertiary/aromatic N) is 2. The second kappa shape index (κ2) is 9.55. The van der Waals surface area contributed by atoms with Gasteiger partial charge in [-0.05, 0) is 26.2 Å². The molecule has 0 aromatic carbocycles. The second-order valence-corrected chi connectivity index (χ2v) is 4.52. The highest BCUT2D eigenvalue weighted by molar-refractivity contribution is 5.56. The Morgan fingerprint density at radius 2 is 1.68 bits per heavy atom. The van der Waals surface area contributed by atoms with Crippen LogP contribution >= 0.6 is 0 Å². The summed E-state index contributed by atoms with van der Waals surface area (Å²) in [5.41, 5.74) is 1.07. The van der Waals surface area contributed by atoms with Crippen molar-refractivity contribution in [3.63, 3.8) is 0 Å². The van der Waals surface area contributed by atoms with Gasteiger partial charge in [-0.25, -0.2) is 9.97 Å². The molecular weight excluding hydrogens is 240 g/mol. The van der Waals surface area contributed by atoms with Crippen LogP contribution in [0.1, 0.15) is 38.7 Å². The lowest BCUT2D eigenvalue weighted by atomic mass is 10.3. The SMILES string of the molecule is CCCNc1ncnc(NCCCOCCC)c1C. The number of aromatic nitrogens is 2. The van der Waals surface area contributed by atoms with Gasteiger partial charge in [0.2, 0.25) is 0 Å².